The van der Waals surface area contributed by atoms with E-state index in [0.29, 0.717) is 11.8 Å². The molecule has 0 aliphatic rings. The SMILES string of the molecule is CCC(C)c1ccc(N(c2ccc(-c3ccc(-c4ccc(N(c5ccc(-c6ccc(N(c7ccc(-c8ccc(-c9ccccc9)cc8)cc7)c7ccc(-c8ccc(-c9ccccc9)cc8)cc7)cc6)cc5)c5ccc(C(C)CC)cc5)cc4)cc3)cc2)c2ccc(-c3ccc(N(c4ccc(-c5ccc(-c6ccccc6)cc5)cc4)c4ccc(-c5ccc(-c6ccccc6)cc5)cc4)cc3)cc2)cc1. The first-order valence-corrected chi connectivity index (χ1v) is 48.3. The van der Waals surface area contributed by atoms with Crippen molar-refractivity contribution in [3.8, 4) is 134 Å². The van der Waals surface area contributed by atoms with Crippen LogP contribution in [0.25, 0.3) is 134 Å². The van der Waals surface area contributed by atoms with Crippen molar-refractivity contribution in [1.29, 1.82) is 0 Å². The fourth-order valence-electron chi connectivity index (χ4n) is 19.0. The van der Waals surface area contributed by atoms with Gasteiger partial charge in [-0.05, 0) is 315 Å². The molecule has 0 amide bonds. The molecule has 0 heterocycles. The normalized spacial score (nSPS) is 11.6. The topological polar surface area (TPSA) is 13.0 Å². The molecule has 0 spiro atoms. The van der Waals surface area contributed by atoms with E-state index >= 15 is 0 Å². The Balaban J connectivity index is 0.520. The Morgan fingerprint density at radius 1 is 0.116 bits per heavy atom. The second-order valence-corrected chi connectivity index (χ2v) is 36.0. The Labute approximate surface area is 813 Å². The largest absolute Gasteiger partial charge is 0.311 e. The lowest BCUT2D eigenvalue weighted by atomic mass is 9.98. The van der Waals surface area contributed by atoms with Crippen molar-refractivity contribution in [2.24, 2.45) is 0 Å². The van der Waals surface area contributed by atoms with Gasteiger partial charge >= 0.3 is 0 Å². The minimum Gasteiger partial charge on any atom is -0.311 e. The summed E-state index contributed by atoms with van der Waals surface area (Å²) in [6.45, 7) is 9.15. The first-order valence-electron chi connectivity index (χ1n) is 48.3. The molecule has 0 fully saturated rings. The van der Waals surface area contributed by atoms with Gasteiger partial charge in [0.15, 0.2) is 0 Å². The Morgan fingerprint density at radius 2 is 0.203 bits per heavy atom. The molecule has 0 aromatic heterocycles. The summed E-state index contributed by atoms with van der Waals surface area (Å²) in [5.41, 5.74) is 43.9. The van der Waals surface area contributed by atoms with Gasteiger partial charge < -0.3 is 19.6 Å². The summed E-state index contributed by atoms with van der Waals surface area (Å²) in [4.78, 5) is 9.48. The highest BCUT2D eigenvalue weighted by molar-refractivity contribution is 5.89. The van der Waals surface area contributed by atoms with Crippen LogP contribution >= 0.6 is 0 Å². The van der Waals surface area contributed by atoms with Gasteiger partial charge in [0.1, 0.15) is 0 Å². The summed E-state index contributed by atoms with van der Waals surface area (Å²) in [6.07, 6.45) is 2.16. The van der Waals surface area contributed by atoms with Gasteiger partial charge in [-0.25, -0.2) is 0 Å². The molecular weight excluding hydrogens is 1670 g/mol. The van der Waals surface area contributed by atoms with Crippen LogP contribution in [0.2, 0.25) is 0 Å². The molecule has 138 heavy (non-hydrogen) atoms. The lowest BCUT2D eigenvalue weighted by Crippen LogP contribution is -2.10. The zero-order valence-corrected chi connectivity index (χ0v) is 78.2. The van der Waals surface area contributed by atoms with Gasteiger partial charge in [-0.15, -0.1) is 0 Å². The van der Waals surface area contributed by atoms with E-state index in [1.54, 1.807) is 0 Å². The molecule has 0 N–H and O–H groups in total. The van der Waals surface area contributed by atoms with Crippen molar-refractivity contribution < 1.29 is 0 Å². The van der Waals surface area contributed by atoms with Crippen LogP contribution in [-0.2, 0) is 0 Å². The Bertz CT molecular complexity index is 6860. The number of hydrogen-bond acceptors (Lipinski definition) is 4. The number of nitrogens with zero attached hydrogens (tertiary/aromatic N) is 4. The molecule has 21 rings (SSSR count). The van der Waals surface area contributed by atoms with Crippen LogP contribution in [0, 0.1) is 0 Å². The van der Waals surface area contributed by atoms with Gasteiger partial charge in [0.05, 0.1) is 0 Å². The number of benzene rings is 21. The van der Waals surface area contributed by atoms with Gasteiger partial charge in [-0.2, -0.15) is 0 Å². The molecule has 4 nitrogen and oxygen atoms in total. The fourth-order valence-corrected chi connectivity index (χ4v) is 19.0. The zero-order chi connectivity index (χ0) is 93.0. The van der Waals surface area contributed by atoms with Crippen LogP contribution < -0.4 is 19.6 Å². The average Bonchev–Trinajstić information content (AvgIpc) is 0.787. The first-order chi connectivity index (χ1) is 68.1. The maximum atomic E-state index is 2.38. The predicted octanol–water partition coefficient (Wildman–Crippen LogP) is 38.6. The van der Waals surface area contributed by atoms with Crippen molar-refractivity contribution in [1.82, 2.24) is 0 Å². The number of anilines is 12. The third-order valence-corrected chi connectivity index (χ3v) is 27.4. The van der Waals surface area contributed by atoms with Crippen molar-refractivity contribution >= 4 is 68.2 Å². The van der Waals surface area contributed by atoms with E-state index in [1.165, 1.54) is 100 Å². The van der Waals surface area contributed by atoms with Crippen LogP contribution in [0.15, 0.2) is 534 Å². The Hall–Kier alpha value is -17.2. The van der Waals surface area contributed by atoms with Crippen LogP contribution in [0.4, 0.5) is 68.2 Å². The molecule has 0 saturated carbocycles. The highest BCUT2D eigenvalue weighted by Gasteiger charge is 2.22. The Kier molecular flexibility index (Phi) is 25.6. The highest BCUT2D eigenvalue weighted by Crippen LogP contribution is 2.46. The van der Waals surface area contributed by atoms with Crippen LogP contribution in [-0.4, -0.2) is 0 Å². The molecule has 0 saturated heterocycles. The smallest absolute Gasteiger partial charge is 0.0462 e. The molecule has 2 atom stereocenters. The van der Waals surface area contributed by atoms with E-state index in [4.69, 9.17) is 0 Å². The predicted molar refractivity (Wildman–Crippen MR) is 588 cm³/mol. The maximum Gasteiger partial charge on any atom is 0.0462 e. The quantitative estimate of drug-likeness (QED) is 0.0484. The average molecular weight is 1770 g/mol. The second kappa shape index (κ2) is 40.3. The zero-order valence-electron chi connectivity index (χ0n) is 78.2. The van der Waals surface area contributed by atoms with Gasteiger partial charge in [-0.3, -0.25) is 0 Å². The summed E-state index contributed by atoms with van der Waals surface area (Å²) in [7, 11) is 0. The minimum absolute atomic E-state index is 0.461. The summed E-state index contributed by atoms with van der Waals surface area (Å²) in [5, 5.41) is 0. The standard InChI is InChI=1S/C134H106N4/c1-5-95(3)97-47-71-123(72-48-97)135(127-87-63-119(64-88-127)121-67-91-133(92-68-121)137(129-79-55-113(56-80-129)107-35-27-103(28-36-107)99-19-11-7-12-20-99)130-81-57-114(58-82-130)108-37-29-104(30-38-108)100-21-13-8-14-22-100)125-75-51-117(52-76-125)111-43-45-112(46-44-111)118-53-77-126(78-54-118)136(124-73-49-98(50-74-124)96(4)6-2)128-89-65-120(66-90-128)122-69-93-134(94-70-122)138(131-83-59-115(60-84-131)109-39-31-105(32-40-109)101-23-15-9-16-24-101)132-85-61-116(62-86-132)110-41-33-106(34-42-110)102-25-17-10-18-26-102/h7-96H,5-6H2,1-4H3. The van der Waals surface area contributed by atoms with Crippen LogP contribution in [0.3, 0.4) is 0 Å². The molecule has 2 unspecified atom stereocenters. The molecule has 4 heteroatoms. The summed E-state index contributed by atoms with van der Waals surface area (Å²) in [6, 6.07) is 195. The molecular formula is C134H106N4. The van der Waals surface area contributed by atoms with Gasteiger partial charge in [0.2, 0.25) is 0 Å². The molecule has 0 radical (unpaired) electrons. The second-order valence-electron chi connectivity index (χ2n) is 36.0. The van der Waals surface area contributed by atoms with E-state index in [1.807, 2.05) is 0 Å². The molecule has 0 aliphatic heterocycles. The summed E-state index contributed by atoms with van der Waals surface area (Å²) < 4.78 is 0. The van der Waals surface area contributed by atoms with E-state index < -0.39 is 0 Å². The fraction of sp³-hybridized carbons (Fsp3) is 0.0597. The van der Waals surface area contributed by atoms with E-state index in [9.17, 15) is 0 Å². The van der Waals surface area contributed by atoms with E-state index in [0.717, 1.165) is 126 Å². The van der Waals surface area contributed by atoms with E-state index in [-0.39, 0.29) is 0 Å². The summed E-state index contributed by atoms with van der Waals surface area (Å²) >= 11 is 0. The molecule has 0 aliphatic carbocycles. The lowest BCUT2D eigenvalue weighted by molar-refractivity contribution is 0.733. The highest BCUT2D eigenvalue weighted by atomic mass is 15.2. The van der Waals surface area contributed by atoms with Crippen molar-refractivity contribution in [3.05, 3.63) is 545 Å². The van der Waals surface area contributed by atoms with Crippen molar-refractivity contribution in [3.63, 3.8) is 0 Å². The molecule has 0 bridgehead atoms. The monoisotopic (exact) mass is 1770 g/mol. The lowest BCUT2D eigenvalue weighted by Gasteiger charge is -2.27. The Morgan fingerprint density at radius 3 is 0.304 bits per heavy atom. The maximum absolute atomic E-state index is 2.38. The minimum atomic E-state index is 0.461. The van der Waals surface area contributed by atoms with Gasteiger partial charge in [0, 0.05) is 68.2 Å². The molecule has 662 valence electrons. The van der Waals surface area contributed by atoms with Gasteiger partial charge in [0.25, 0.3) is 0 Å². The third-order valence-electron chi connectivity index (χ3n) is 27.4. The third kappa shape index (κ3) is 19.2. The van der Waals surface area contributed by atoms with E-state index in [2.05, 4.69) is 581 Å². The van der Waals surface area contributed by atoms with Gasteiger partial charge in [-0.1, -0.05) is 416 Å². The molecule has 21 aromatic rings. The van der Waals surface area contributed by atoms with Crippen molar-refractivity contribution in [2.45, 2.75) is 52.4 Å². The van der Waals surface area contributed by atoms with Crippen LogP contribution in [0.1, 0.15) is 63.5 Å². The summed E-state index contributed by atoms with van der Waals surface area (Å²) in [5.74, 6) is 0.922. The number of hydrogen-bond donors (Lipinski definition) is 0. The van der Waals surface area contributed by atoms with Crippen molar-refractivity contribution in [2.75, 3.05) is 19.6 Å². The number of rotatable bonds is 28. The first kappa shape index (κ1) is 87.5. The molecule has 21 aromatic carbocycles. The van der Waals surface area contributed by atoms with Crippen LogP contribution in [0.5, 0.6) is 0 Å².